The molecule has 1 fully saturated rings. The molecule has 144 valence electrons. The van der Waals surface area contributed by atoms with E-state index in [1.807, 2.05) is 20.8 Å². The molecule has 1 aliphatic carbocycles. The lowest BCUT2D eigenvalue weighted by molar-refractivity contribution is -0.144. The number of hydrogen-bond acceptors (Lipinski definition) is 2. The Bertz CT molecular complexity index is 821. The largest absolute Gasteiger partial charge is 0.465 e. The summed E-state index contributed by atoms with van der Waals surface area (Å²) in [6, 6.07) is 4.16. The highest BCUT2D eigenvalue weighted by Crippen LogP contribution is 2.43. The van der Waals surface area contributed by atoms with Crippen LogP contribution in [0.1, 0.15) is 60.8 Å². The minimum absolute atomic E-state index is 0.156. The van der Waals surface area contributed by atoms with Gasteiger partial charge in [-0.2, -0.15) is 0 Å². The maximum Gasteiger partial charge on any atom is 0.306 e. The lowest BCUT2D eigenvalue weighted by atomic mass is 9.89. The van der Waals surface area contributed by atoms with Gasteiger partial charge in [0.25, 0.3) is 0 Å². The molecule has 0 spiro atoms. The molecule has 1 heterocycles. The van der Waals surface area contributed by atoms with Gasteiger partial charge < -0.3 is 4.74 Å². The molecule has 2 nitrogen and oxygen atoms in total. The van der Waals surface area contributed by atoms with Crippen LogP contribution in [0.15, 0.2) is 42.0 Å². The van der Waals surface area contributed by atoms with Crippen molar-refractivity contribution in [3.63, 3.8) is 0 Å². The highest BCUT2D eigenvalue weighted by Gasteiger charge is 2.26. The fourth-order valence-corrected chi connectivity index (χ4v) is 3.51. The van der Waals surface area contributed by atoms with E-state index in [9.17, 15) is 9.18 Å². The number of esters is 1. The summed E-state index contributed by atoms with van der Waals surface area (Å²) in [7, 11) is 0. The van der Waals surface area contributed by atoms with Crippen LogP contribution in [0.25, 0.3) is 5.57 Å². The number of ether oxygens (including phenoxy) is 1. The van der Waals surface area contributed by atoms with Crippen LogP contribution in [-0.2, 0) is 9.53 Å². The molecule has 2 aliphatic rings. The lowest BCUT2D eigenvalue weighted by Gasteiger charge is -2.17. The zero-order valence-electron chi connectivity index (χ0n) is 16.2. The van der Waals surface area contributed by atoms with Gasteiger partial charge in [0, 0.05) is 17.9 Å². The van der Waals surface area contributed by atoms with Crippen LogP contribution in [0.5, 0.6) is 0 Å². The van der Waals surface area contributed by atoms with E-state index < -0.39 is 17.6 Å². The molecule has 1 aromatic carbocycles. The van der Waals surface area contributed by atoms with E-state index in [0.717, 1.165) is 11.1 Å². The van der Waals surface area contributed by atoms with Crippen molar-refractivity contribution in [1.29, 1.82) is 0 Å². The predicted molar refractivity (Wildman–Crippen MR) is 104 cm³/mol. The van der Waals surface area contributed by atoms with Crippen LogP contribution in [-0.4, -0.2) is 12.6 Å². The summed E-state index contributed by atoms with van der Waals surface area (Å²) in [5.74, 6) is -1.95. The Morgan fingerprint density at radius 2 is 1.74 bits per heavy atom. The predicted octanol–water partition coefficient (Wildman–Crippen LogP) is 6.24. The Kier molecular flexibility index (Phi) is 5.64. The van der Waals surface area contributed by atoms with Crippen molar-refractivity contribution in [2.24, 2.45) is 5.92 Å². The number of aryl methyl sites for hydroxylation is 2. The van der Waals surface area contributed by atoms with E-state index >= 15 is 4.39 Å². The van der Waals surface area contributed by atoms with Crippen LogP contribution in [0.4, 0.5) is 8.78 Å². The third-order valence-corrected chi connectivity index (χ3v) is 5.35. The van der Waals surface area contributed by atoms with Gasteiger partial charge in [-0.15, -0.1) is 0 Å². The van der Waals surface area contributed by atoms with Crippen molar-refractivity contribution in [3.8, 4) is 0 Å². The summed E-state index contributed by atoms with van der Waals surface area (Å²) in [6.45, 7) is 9.88. The molecule has 0 amide bonds. The maximum atomic E-state index is 15.1. The molecule has 4 heteroatoms. The van der Waals surface area contributed by atoms with Crippen LogP contribution in [0, 0.1) is 19.8 Å². The van der Waals surface area contributed by atoms with Crippen LogP contribution >= 0.6 is 0 Å². The van der Waals surface area contributed by atoms with E-state index in [-0.39, 0.29) is 30.9 Å². The first kappa shape index (κ1) is 19.5. The number of hydrogen-bond donors (Lipinski definition) is 0. The van der Waals surface area contributed by atoms with E-state index in [0.29, 0.717) is 17.1 Å². The minimum Gasteiger partial charge on any atom is -0.465 e. The fraction of sp³-hybridized carbons (Fsp3) is 0.435. The normalized spacial score (nSPS) is 26.9. The SMILES string of the molecule is C=C1/C=C(c2c(C)cc(C3CC3)cc2C)\C(F)=C(/F)CCC(=O)OCC1C. The molecule has 1 saturated carbocycles. The number of benzene rings is 1. The van der Waals surface area contributed by atoms with Crippen molar-refractivity contribution < 1.29 is 18.3 Å². The number of carbonyl (C=O) groups is 1. The molecule has 0 aromatic heterocycles. The topological polar surface area (TPSA) is 26.3 Å². The Morgan fingerprint density at radius 1 is 1.11 bits per heavy atom. The average molecular weight is 372 g/mol. The molecule has 0 radical (unpaired) electrons. The van der Waals surface area contributed by atoms with Gasteiger partial charge in [-0.3, -0.25) is 4.79 Å². The summed E-state index contributed by atoms with van der Waals surface area (Å²) < 4.78 is 34.8. The molecular weight excluding hydrogens is 346 g/mol. The zero-order chi connectivity index (χ0) is 19.7. The molecule has 1 aliphatic heterocycles. The summed E-state index contributed by atoms with van der Waals surface area (Å²) in [5.41, 5.74) is 4.63. The fourth-order valence-electron chi connectivity index (χ4n) is 3.51. The first-order valence-electron chi connectivity index (χ1n) is 9.50. The van der Waals surface area contributed by atoms with Crippen molar-refractivity contribution in [2.75, 3.05) is 6.61 Å². The summed E-state index contributed by atoms with van der Waals surface area (Å²) in [5, 5.41) is 0. The van der Waals surface area contributed by atoms with Gasteiger partial charge in [-0.25, -0.2) is 8.78 Å². The maximum absolute atomic E-state index is 15.1. The monoisotopic (exact) mass is 372 g/mol. The Balaban J connectivity index is 2.12. The summed E-state index contributed by atoms with van der Waals surface area (Å²) in [4.78, 5) is 11.7. The first-order chi connectivity index (χ1) is 12.8. The van der Waals surface area contributed by atoms with Crippen molar-refractivity contribution in [3.05, 3.63) is 64.3 Å². The molecule has 1 aromatic rings. The number of rotatable bonds is 2. The van der Waals surface area contributed by atoms with E-state index in [2.05, 4.69) is 18.7 Å². The van der Waals surface area contributed by atoms with Crippen molar-refractivity contribution in [1.82, 2.24) is 0 Å². The zero-order valence-corrected chi connectivity index (χ0v) is 16.2. The number of cyclic esters (lactones) is 1. The highest BCUT2D eigenvalue weighted by molar-refractivity contribution is 5.83. The third-order valence-electron chi connectivity index (χ3n) is 5.35. The Morgan fingerprint density at radius 3 is 2.33 bits per heavy atom. The standard InChI is InChI=1S/C23H26F2O2/c1-13-11-19(22-14(2)9-18(10-15(22)3)17-5-6-17)23(25)20(24)7-8-21(26)27-12-16(13)4/h9-11,16-17H,1,5-8,12H2,2-4H3/b19-11-,23-20+. The van der Waals surface area contributed by atoms with Gasteiger partial charge in [0.1, 0.15) is 5.83 Å². The Hall–Kier alpha value is -2.23. The van der Waals surface area contributed by atoms with E-state index in [1.54, 1.807) is 6.08 Å². The van der Waals surface area contributed by atoms with Crippen LogP contribution in [0.2, 0.25) is 0 Å². The van der Waals surface area contributed by atoms with Crippen LogP contribution < -0.4 is 0 Å². The molecule has 0 bridgehead atoms. The molecule has 3 rings (SSSR count). The second kappa shape index (κ2) is 7.79. The third kappa shape index (κ3) is 4.37. The van der Waals surface area contributed by atoms with E-state index in [4.69, 9.17) is 4.74 Å². The van der Waals surface area contributed by atoms with Gasteiger partial charge in [0.05, 0.1) is 13.0 Å². The molecular formula is C23H26F2O2. The average Bonchev–Trinajstić information content (AvgIpc) is 3.46. The van der Waals surface area contributed by atoms with Gasteiger partial charge in [0.15, 0.2) is 5.83 Å². The van der Waals surface area contributed by atoms with Gasteiger partial charge >= 0.3 is 5.97 Å². The van der Waals surface area contributed by atoms with Gasteiger partial charge in [-0.05, 0) is 66.5 Å². The number of allylic oxidation sites excluding steroid dienone is 4. The molecule has 1 unspecified atom stereocenters. The van der Waals surface area contributed by atoms with Crippen molar-refractivity contribution in [2.45, 2.75) is 52.4 Å². The molecule has 0 saturated heterocycles. The smallest absolute Gasteiger partial charge is 0.306 e. The minimum atomic E-state index is -0.925. The second-order valence-corrected chi connectivity index (χ2v) is 7.74. The quantitative estimate of drug-likeness (QED) is 0.574. The van der Waals surface area contributed by atoms with Gasteiger partial charge in [0.2, 0.25) is 0 Å². The second-order valence-electron chi connectivity index (χ2n) is 7.74. The summed E-state index contributed by atoms with van der Waals surface area (Å²) >= 11 is 0. The number of carbonyl (C=O) groups excluding carboxylic acids is 1. The molecule has 1 atom stereocenters. The molecule has 0 N–H and O–H groups in total. The lowest BCUT2D eigenvalue weighted by Crippen LogP contribution is -2.12. The van der Waals surface area contributed by atoms with Gasteiger partial charge in [-0.1, -0.05) is 25.6 Å². The van der Waals surface area contributed by atoms with Crippen LogP contribution in [0.3, 0.4) is 0 Å². The highest BCUT2D eigenvalue weighted by atomic mass is 19.2. The number of halogens is 2. The summed E-state index contributed by atoms with van der Waals surface area (Å²) in [6.07, 6.45) is 3.49. The van der Waals surface area contributed by atoms with Crippen molar-refractivity contribution >= 4 is 11.5 Å². The van der Waals surface area contributed by atoms with E-state index in [1.165, 1.54) is 18.4 Å². The molecule has 27 heavy (non-hydrogen) atoms. The first-order valence-corrected chi connectivity index (χ1v) is 9.50. The Labute approximate surface area is 159 Å².